The first-order valence-electron chi connectivity index (χ1n) is 16.1. The maximum absolute atomic E-state index is 13.3. The fourth-order valence-corrected chi connectivity index (χ4v) is 6.45. The number of rotatable bonds is 9. The molecule has 2 heterocycles. The summed E-state index contributed by atoms with van der Waals surface area (Å²) in [5, 5.41) is 40.1. The van der Waals surface area contributed by atoms with Gasteiger partial charge in [0.1, 0.15) is 35.3 Å². The van der Waals surface area contributed by atoms with Crippen LogP contribution in [0.25, 0.3) is 0 Å². The molecule has 14 heteroatoms. The summed E-state index contributed by atoms with van der Waals surface area (Å²) in [6, 6.07) is 6.13. The van der Waals surface area contributed by atoms with Gasteiger partial charge in [-0.05, 0) is 71.7 Å². The highest BCUT2D eigenvalue weighted by Crippen LogP contribution is 2.35. The van der Waals surface area contributed by atoms with E-state index < -0.39 is 78.3 Å². The Balaban J connectivity index is 1.50. The lowest BCUT2D eigenvalue weighted by Crippen LogP contribution is -2.68. The number of nitrogens with one attached hydrogen (secondary N) is 2. The summed E-state index contributed by atoms with van der Waals surface area (Å²) >= 11 is 0. The maximum Gasteiger partial charge on any atom is 0.408 e. The molecular weight excluding hydrogens is 612 g/mol. The molecule has 0 spiro atoms. The van der Waals surface area contributed by atoms with Crippen molar-refractivity contribution in [2.24, 2.45) is 11.7 Å². The van der Waals surface area contributed by atoms with Crippen molar-refractivity contribution in [1.29, 1.82) is 0 Å². The zero-order valence-corrected chi connectivity index (χ0v) is 28.3. The second kappa shape index (κ2) is 15.2. The summed E-state index contributed by atoms with van der Waals surface area (Å²) in [6.07, 6.45) is -4.97. The number of likely N-dealkylation sites (N-methyl/N-ethyl adjacent to an activating group) is 2. The lowest BCUT2D eigenvalue weighted by atomic mass is 9.80. The third-order valence-electron chi connectivity index (χ3n) is 8.67. The quantitative estimate of drug-likeness (QED) is 0.218. The van der Waals surface area contributed by atoms with E-state index in [2.05, 4.69) is 10.6 Å². The van der Waals surface area contributed by atoms with Crippen molar-refractivity contribution in [1.82, 2.24) is 15.5 Å². The Labute approximate surface area is 276 Å². The monoisotopic (exact) mass is 664 g/mol. The van der Waals surface area contributed by atoms with Crippen LogP contribution in [0.1, 0.15) is 57.8 Å². The van der Waals surface area contributed by atoms with Gasteiger partial charge in [-0.15, -0.1) is 0 Å². The van der Waals surface area contributed by atoms with Crippen molar-refractivity contribution in [2.45, 2.75) is 114 Å². The van der Waals surface area contributed by atoms with Crippen molar-refractivity contribution in [3.8, 4) is 0 Å². The molecule has 7 N–H and O–H groups in total. The predicted molar refractivity (Wildman–Crippen MR) is 171 cm³/mol. The van der Waals surface area contributed by atoms with Gasteiger partial charge in [0.15, 0.2) is 6.29 Å². The second-order valence-electron chi connectivity index (χ2n) is 14.0. The number of benzene rings is 1. The number of nitrogens with zero attached hydrogens (tertiary/aromatic N) is 1. The minimum absolute atomic E-state index is 0.246. The molecule has 14 nitrogen and oxygen atoms in total. The highest BCUT2D eigenvalue weighted by molar-refractivity contribution is 5.94. The number of carbonyl (C=O) groups is 2. The molecule has 0 bridgehead atoms. The van der Waals surface area contributed by atoms with Gasteiger partial charge in [-0.25, -0.2) is 4.79 Å². The second-order valence-corrected chi connectivity index (χ2v) is 14.0. The molecule has 264 valence electrons. The molecular formula is C33H52N4O10. The van der Waals surface area contributed by atoms with E-state index in [4.69, 9.17) is 29.4 Å². The van der Waals surface area contributed by atoms with Gasteiger partial charge in [0, 0.05) is 18.7 Å². The van der Waals surface area contributed by atoms with Gasteiger partial charge >= 0.3 is 6.09 Å². The van der Waals surface area contributed by atoms with E-state index in [1.54, 1.807) is 58.2 Å². The fraction of sp³-hybridized carbons (Fsp3) is 0.697. The Kier molecular flexibility index (Phi) is 11.9. The molecule has 2 fully saturated rings. The third kappa shape index (κ3) is 9.00. The Morgan fingerprint density at radius 1 is 1.11 bits per heavy atom. The molecule has 3 aliphatic rings. The van der Waals surface area contributed by atoms with Crippen LogP contribution in [0.15, 0.2) is 42.2 Å². The lowest BCUT2D eigenvalue weighted by molar-refractivity contribution is -0.311. The molecule has 47 heavy (non-hydrogen) atoms. The highest BCUT2D eigenvalue weighted by atomic mass is 16.7. The first-order valence-corrected chi connectivity index (χ1v) is 16.1. The summed E-state index contributed by atoms with van der Waals surface area (Å²) in [5.74, 6) is -0.0289. The zero-order chi connectivity index (χ0) is 34.7. The van der Waals surface area contributed by atoms with E-state index in [1.807, 2.05) is 13.0 Å². The van der Waals surface area contributed by atoms with Crippen LogP contribution in [0.4, 0.5) is 4.79 Å². The summed E-state index contributed by atoms with van der Waals surface area (Å²) in [4.78, 5) is 27.2. The van der Waals surface area contributed by atoms with Crippen molar-refractivity contribution in [2.75, 3.05) is 27.2 Å². The van der Waals surface area contributed by atoms with Crippen molar-refractivity contribution in [3.05, 3.63) is 47.7 Å². The molecule has 4 rings (SSSR count). The van der Waals surface area contributed by atoms with Crippen LogP contribution in [0.2, 0.25) is 0 Å². The number of alkyl carbamates (subject to hydrolysis) is 1. The molecule has 1 aromatic carbocycles. The molecule has 11 atom stereocenters. The molecule has 2 amide bonds. The molecule has 1 saturated carbocycles. The number of aliphatic hydroxyl groups excluding tert-OH is 2. The Morgan fingerprint density at radius 3 is 2.40 bits per heavy atom. The van der Waals surface area contributed by atoms with Crippen LogP contribution in [0, 0.1) is 5.92 Å². The van der Waals surface area contributed by atoms with Gasteiger partial charge in [0.25, 0.3) is 5.91 Å². The molecule has 1 saturated heterocycles. The van der Waals surface area contributed by atoms with Crippen LogP contribution in [-0.2, 0) is 23.7 Å². The summed E-state index contributed by atoms with van der Waals surface area (Å²) < 4.78 is 29.9. The largest absolute Gasteiger partial charge is 0.466 e. The standard InChI is InChI=1S/C33H52N4O10/c1-18-15-21(34)26(46-30-24(39)27(33(5,42)17-43-30)37(7)28(40)19-11-9-8-10-12-19)23(38)25(18)45-29-22(14-13-20(44-29)16-35-6)36-31(41)47-32(2,3)4/h8-13,18,21-27,29-30,35,38-39,42H,14-17,34H2,1-7H3,(H,36,41)/t18-,21+,22+,23-,24+,25+,26-,27+,29+,30+,33-/m0/s1. The lowest BCUT2D eigenvalue weighted by Gasteiger charge is -2.50. The van der Waals surface area contributed by atoms with Gasteiger partial charge < -0.3 is 60.3 Å². The molecule has 1 aromatic rings. The van der Waals surface area contributed by atoms with Crippen LogP contribution in [0.3, 0.4) is 0 Å². The minimum Gasteiger partial charge on any atom is -0.466 e. The molecule has 0 aromatic heterocycles. The van der Waals surface area contributed by atoms with E-state index in [-0.39, 0.29) is 12.5 Å². The van der Waals surface area contributed by atoms with E-state index in [1.165, 1.54) is 18.9 Å². The Bertz CT molecular complexity index is 1240. The number of amides is 2. The van der Waals surface area contributed by atoms with Crippen LogP contribution >= 0.6 is 0 Å². The van der Waals surface area contributed by atoms with Gasteiger partial charge in [-0.1, -0.05) is 25.1 Å². The number of nitrogens with two attached hydrogens (primary N) is 1. The van der Waals surface area contributed by atoms with Crippen LogP contribution < -0.4 is 16.4 Å². The van der Waals surface area contributed by atoms with E-state index in [9.17, 15) is 24.9 Å². The molecule has 1 aliphatic carbocycles. The summed E-state index contributed by atoms with van der Waals surface area (Å²) in [6.45, 7) is 8.83. The highest BCUT2D eigenvalue weighted by Gasteiger charge is 2.53. The zero-order valence-electron chi connectivity index (χ0n) is 28.3. The maximum atomic E-state index is 13.3. The van der Waals surface area contributed by atoms with Crippen molar-refractivity contribution in [3.63, 3.8) is 0 Å². The number of aliphatic hydroxyl groups is 3. The first kappa shape index (κ1) is 37.0. The minimum atomic E-state index is -1.61. The van der Waals surface area contributed by atoms with Gasteiger partial charge in [-0.3, -0.25) is 4.79 Å². The predicted octanol–water partition coefficient (Wildman–Crippen LogP) is 0.837. The number of hydrogen-bond donors (Lipinski definition) is 6. The van der Waals surface area contributed by atoms with Crippen LogP contribution in [-0.4, -0.2) is 126 Å². The number of carbonyl (C=O) groups excluding carboxylic acids is 2. The number of ether oxygens (including phenoxy) is 5. The van der Waals surface area contributed by atoms with Crippen molar-refractivity contribution < 1.29 is 48.6 Å². The van der Waals surface area contributed by atoms with E-state index in [0.717, 1.165) is 0 Å². The third-order valence-corrected chi connectivity index (χ3v) is 8.67. The molecule has 0 radical (unpaired) electrons. The average molecular weight is 665 g/mol. The SMILES string of the molecule is CNCC1=CC[C@@H](NC(=O)OC(C)(C)C)[C@@H](O[C@H]2[C@H](O)[C@@H](O[C@H]3OC[C@](C)(O)[C@H](N(C)C(=O)c4ccccc4)[C@H]3O)[C@H](N)C[C@@H]2C)O1. The van der Waals surface area contributed by atoms with Gasteiger partial charge in [0.2, 0.25) is 6.29 Å². The Hall–Kier alpha value is -2.82. The topological polar surface area (TPSA) is 194 Å². The Morgan fingerprint density at radius 2 is 1.77 bits per heavy atom. The first-order chi connectivity index (χ1) is 22.0. The normalized spacial score (nSPS) is 36.1. The summed E-state index contributed by atoms with van der Waals surface area (Å²) in [7, 11) is 3.28. The number of hydrogen-bond acceptors (Lipinski definition) is 12. The molecule has 0 unspecified atom stereocenters. The summed E-state index contributed by atoms with van der Waals surface area (Å²) in [5.41, 5.74) is 4.56. The smallest absolute Gasteiger partial charge is 0.408 e. The van der Waals surface area contributed by atoms with Crippen LogP contribution in [0.5, 0.6) is 0 Å². The van der Waals surface area contributed by atoms with E-state index >= 15 is 0 Å². The van der Waals surface area contributed by atoms with E-state index in [0.29, 0.717) is 30.7 Å². The fourth-order valence-electron chi connectivity index (χ4n) is 6.45. The van der Waals surface area contributed by atoms with Crippen molar-refractivity contribution >= 4 is 12.0 Å². The molecule has 2 aliphatic heterocycles. The van der Waals surface area contributed by atoms with Gasteiger partial charge in [-0.2, -0.15) is 0 Å². The average Bonchev–Trinajstić information content (AvgIpc) is 2.98. The van der Waals surface area contributed by atoms with Gasteiger partial charge in [0.05, 0.1) is 31.3 Å².